The van der Waals surface area contributed by atoms with Crippen molar-refractivity contribution >= 4 is 23.8 Å². The number of nitrogens with two attached hydrogens (primary N) is 1. The number of hydrogen-bond donors (Lipinski definition) is 2. The molecule has 3 N–H and O–H groups in total. The van der Waals surface area contributed by atoms with Crippen molar-refractivity contribution in [2.24, 2.45) is 28.9 Å². The molecular formula is C24H36ClFN2O2. The smallest absolute Gasteiger partial charge is 0.230 e. The van der Waals surface area contributed by atoms with Gasteiger partial charge in [0.25, 0.3) is 0 Å². The van der Waals surface area contributed by atoms with Crippen LogP contribution in [-0.2, 0) is 15.0 Å². The van der Waals surface area contributed by atoms with Crippen LogP contribution in [0.2, 0.25) is 5.02 Å². The molecule has 1 amide bonds. The predicted octanol–water partition coefficient (Wildman–Crippen LogP) is 4.87. The number of benzene rings is 1. The van der Waals surface area contributed by atoms with Crippen LogP contribution >= 0.6 is 11.6 Å². The lowest BCUT2D eigenvalue weighted by atomic mass is 9.64. The third kappa shape index (κ3) is 6.04. The predicted molar refractivity (Wildman–Crippen MR) is 120 cm³/mol. The van der Waals surface area contributed by atoms with E-state index in [1.807, 2.05) is 6.92 Å². The number of carbonyl (C=O) groups excluding carboxylic acids is 2. The second-order valence-electron chi connectivity index (χ2n) is 10.3. The summed E-state index contributed by atoms with van der Waals surface area (Å²) >= 11 is 6.17. The third-order valence-electron chi connectivity index (χ3n) is 6.48. The third-order valence-corrected chi connectivity index (χ3v) is 6.80. The molecular weight excluding hydrogens is 403 g/mol. The van der Waals surface area contributed by atoms with Gasteiger partial charge in [0.05, 0.1) is 5.41 Å². The summed E-state index contributed by atoms with van der Waals surface area (Å²) in [5, 5.41) is 3.18. The first-order valence-corrected chi connectivity index (χ1v) is 11.2. The molecule has 4 atom stereocenters. The minimum absolute atomic E-state index is 0.176. The van der Waals surface area contributed by atoms with Crippen LogP contribution in [0.4, 0.5) is 4.39 Å². The zero-order valence-electron chi connectivity index (χ0n) is 18.8. The van der Waals surface area contributed by atoms with Crippen molar-refractivity contribution in [1.29, 1.82) is 0 Å². The summed E-state index contributed by atoms with van der Waals surface area (Å²) in [5.74, 6) is 0.570. The summed E-state index contributed by atoms with van der Waals surface area (Å²) in [6.45, 7) is 10.3. The molecule has 0 radical (unpaired) electrons. The van der Waals surface area contributed by atoms with Gasteiger partial charge in [0.2, 0.25) is 5.91 Å². The minimum Gasteiger partial charge on any atom is -0.354 e. The van der Waals surface area contributed by atoms with Gasteiger partial charge >= 0.3 is 0 Å². The fraction of sp³-hybridized carbons (Fsp3) is 0.667. The van der Waals surface area contributed by atoms with Gasteiger partial charge in [-0.05, 0) is 75.0 Å². The molecule has 1 fully saturated rings. The highest BCUT2D eigenvalue weighted by Gasteiger charge is 2.40. The zero-order chi connectivity index (χ0) is 22.7. The number of rotatable bonds is 8. The number of amides is 1. The molecule has 0 heterocycles. The highest BCUT2D eigenvalue weighted by molar-refractivity contribution is 6.31. The SMILES string of the molecule is CC(C)CC1CC(C(N)CNC(=O)C(C)(C)c2ccc(F)cc2Cl)CC(C)(C=O)C1. The summed E-state index contributed by atoms with van der Waals surface area (Å²) in [7, 11) is 0. The van der Waals surface area contributed by atoms with Crippen LogP contribution < -0.4 is 11.1 Å². The first-order valence-electron chi connectivity index (χ1n) is 10.8. The molecule has 0 aromatic heterocycles. The van der Waals surface area contributed by atoms with E-state index in [9.17, 15) is 14.0 Å². The molecule has 0 spiro atoms. The fourth-order valence-electron chi connectivity index (χ4n) is 4.92. The standard InChI is InChI=1S/C24H36ClFN2O2/c1-15(2)8-16-9-17(12-24(5,11-16)14-29)21(27)13-28-22(30)23(3,4)19-7-6-18(26)10-20(19)25/h6-7,10,14-17,21H,8-9,11-13,27H2,1-5H3,(H,28,30). The Bertz CT molecular complexity index is 768. The molecule has 6 heteroatoms. The van der Waals surface area contributed by atoms with Gasteiger partial charge in [-0.1, -0.05) is 38.4 Å². The van der Waals surface area contributed by atoms with E-state index in [4.69, 9.17) is 17.3 Å². The Kier molecular flexibility index (Phi) is 8.09. The Morgan fingerprint density at radius 1 is 1.40 bits per heavy atom. The normalized spacial score (nSPS) is 25.8. The summed E-state index contributed by atoms with van der Waals surface area (Å²) in [4.78, 5) is 24.6. The van der Waals surface area contributed by atoms with Crippen LogP contribution in [0.3, 0.4) is 0 Å². The summed E-state index contributed by atoms with van der Waals surface area (Å²) < 4.78 is 13.4. The number of nitrogens with one attached hydrogen (secondary N) is 1. The van der Waals surface area contributed by atoms with Crippen molar-refractivity contribution in [2.75, 3.05) is 6.54 Å². The lowest BCUT2D eigenvalue weighted by molar-refractivity contribution is -0.126. The molecule has 0 saturated heterocycles. The monoisotopic (exact) mass is 438 g/mol. The maximum absolute atomic E-state index is 13.4. The lowest BCUT2D eigenvalue weighted by Crippen LogP contribution is -2.49. The van der Waals surface area contributed by atoms with Crippen LogP contribution in [0, 0.1) is 29.0 Å². The number of halogens is 2. The highest BCUT2D eigenvalue weighted by Crippen LogP contribution is 2.44. The van der Waals surface area contributed by atoms with Crippen LogP contribution in [0.15, 0.2) is 18.2 Å². The molecule has 4 nitrogen and oxygen atoms in total. The van der Waals surface area contributed by atoms with Gasteiger partial charge in [-0.2, -0.15) is 0 Å². The van der Waals surface area contributed by atoms with Crippen molar-refractivity contribution in [3.63, 3.8) is 0 Å². The van der Waals surface area contributed by atoms with Crippen LogP contribution in [0.25, 0.3) is 0 Å². The quantitative estimate of drug-likeness (QED) is 0.569. The van der Waals surface area contributed by atoms with E-state index in [0.717, 1.165) is 32.0 Å². The molecule has 1 aromatic rings. The topological polar surface area (TPSA) is 72.2 Å². The van der Waals surface area contributed by atoms with Gasteiger partial charge in [0, 0.05) is 23.0 Å². The molecule has 0 aliphatic heterocycles. The van der Waals surface area contributed by atoms with Gasteiger partial charge in [-0.25, -0.2) is 4.39 Å². The molecule has 0 bridgehead atoms. The average Bonchev–Trinajstić information content (AvgIpc) is 2.64. The first-order chi connectivity index (χ1) is 13.9. The Balaban J connectivity index is 2.04. The van der Waals surface area contributed by atoms with Crippen molar-refractivity contribution in [1.82, 2.24) is 5.32 Å². The van der Waals surface area contributed by atoms with Gasteiger partial charge in [-0.3, -0.25) is 4.79 Å². The zero-order valence-corrected chi connectivity index (χ0v) is 19.6. The van der Waals surface area contributed by atoms with E-state index in [1.165, 1.54) is 12.1 Å². The van der Waals surface area contributed by atoms with Crippen LogP contribution in [0.1, 0.15) is 65.9 Å². The largest absolute Gasteiger partial charge is 0.354 e. The molecule has 4 unspecified atom stereocenters. The summed E-state index contributed by atoms with van der Waals surface area (Å²) in [5.41, 5.74) is 5.78. The van der Waals surface area contributed by atoms with Crippen LogP contribution in [0.5, 0.6) is 0 Å². The van der Waals surface area contributed by atoms with Crippen molar-refractivity contribution in [3.8, 4) is 0 Å². The first kappa shape index (κ1) is 24.8. The van der Waals surface area contributed by atoms with E-state index >= 15 is 0 Å². The lowest BCUT2D eigenvalue weighted by Gasteiger charge is -2.42. The number of carbonyl (C=O) groups is 2. The minimum atomic E-state index is -0.922. The molecule has 168 valence electrons. The summed E-state index contributed by atoms with van der Waals surface area (Å²) in [6, 6.07) is 3.83. The van der Waals surface area contributed by atoms with Gasteiger partial charge in [-0.15, -0.1) is 0 Å². The maximum Gasteiger partial charge on any atom is 0.230 e. The average molecular weight is 439 g/mol. The fourth-order valence-corrected chi connectivity index (χ4v) is 5.33. The Labute approximate surface area is 185 Å². The van der Waals surface area contributed by atoms with Gasteiger partial charge in [0.1, 0.15) is 12.1 Å². The number of hydrogen-bond acceptors (Lipinski definition) is 3. The molecule has 1 aliphatic rings. The second-order valence-corrected chi connectivity index (χ2v) is 10.7. The Morgan fingerprint density at radius 2 is 2.07 bits per heavy atom. The number of aldehydes is 1. The van der Waals surface area contributed by atoms with E-state index in [0.29, 0.717) is 23.9 Å². The Hall–Kier alpha value is -1.46. The van der Waals surface area contributed by atoms with Crippen molar-refractivity contribution in [3.05, 3.63) is 34.6 Å². The van der Waals surface area contributed by atoms with Gasteiger partial charge in [0.15, 0.2) is 0 Å². The molecule has 30 heavy (non-hydrogen) atoms. The van der Waals surface area contributed by atoms with Crippen molar-refractivity contribution < 1.29 is 14.0 Å². The summed E-state index contributed by atoms with van der Waals surface area (Å²) in [6.07, 6.45) is 4.79. The second kappa shape index (κ2) is 9.78. The van der Waals surface area contributed by atoms with Gasteiger partial charge < -0.3 is 15.8 Å². The maximum atomic E-state index is 13.4. The molecule has 2 rings (SSSR count). The highest BCUT2D eigenvalue weighted by atomic mass is 35.5. The molecule has 1 aliphatic carbocycles. The Morgan fingerprint density at radius 3 is 2.63 bits per heavy atom. The van der Waals surface area contributed by atoms with E-state index < -0.39 is 11.2 Å². The van der Waals surface area contributed by atoms with E-state index in [2.05, 4.69) is 19.2 Å². The van der Waals surface area contributed by atoms with E-state index in [1.54, 1.807) is 19.9 Å². The van der Waals surface area contributed by atoms with Crippen LogP contribution in [-0.4, -0.2) is 24.8 Å². The molecule has 1 aromatic carbocycles. The molecule has 1 saturated carbocycles. The van der Waals surface area contributed by atoms with E-state index in [-0.39, 0.29) is 28.3 Å². The van der Waals surface area contributed by atoms with Crippen molar-refractivity contribution in [2.45, 2.75) is 71.8 Å².